The molecule has 0 heterocycles. The highest BCUT2D eigenvalue weighted by atomic mass is 14.0. The van der Waals surface area contributed by atoms with Gasteiger partial charge in [0.05, 0.1) is 0 Å². The van der Waals surface area contributed by atoms with Crippen molar-refractivity contribution in [3.05, 3.63) is 30.0 Å². The van der Waals surface area contributed by atoms with E-state index in [9.17, 15) is 0 Å². The number of allylic oxidation sites excluding steroid dienone is 3. The molecule has 0 aliphatic heterocycles. The summed E-state index contributed by atoms with van der Waals surface area (Å²) >= 11 is 0. The van der Waals surface area contributed by atoms with Gasteiger partial charge in [0.1, 0.15) is 0 Å². The van der Waals surface area contributed by atoms with E-state index >= 15 is 0 Å². The van der Waals surface area contributed by atoms with Crippen LogP contribution in [0.5, 0.6) is 0 Å². The second kappa shape index (κ2) is 6.00. The van der Waals surface area contributed by atoms with Gasteiger partial charge in [-0.2, -0.15) is 0 Å². The maximum Gasteiger partial charge on any atom is -0.0207 e. The SMILES string of the molecule is C=C=CC=C(C)CCC(C)C. The topological polar surface area (TPSA) is 0 Å². The van der Waals surface area contributed by atoms with Crippen molar-refractivity contribution in [3.8, 4) is 0 Å². The van der Waals surface area contributed by atoms with Crippen LogP contribution in [0.3, 0.4) is 0 Å². The minimum atomic E-state index is 0.797. The molecule has 0 unspecified atom stereocenters. The first kappa shape index (κ1) is 10.3. The van der Waals surface area contributed by atoms with E-state index in [1.165, 1.54) is 18.4 Å². The Hall–Kier alpha value is -0.740. The van der Waals surface area contributed by atoms with Crippen LogP contribution < -0.4 is 0 Å². The molecule has 0 saturated heterocycles. The van der Waals surface area contributed by atoms with Gasteiger partial charge in [0.25, 0.3) is 0 Å². The van der Waals surface area contributed by atoms with Gasteiger partial charge in [-0.15, -0.1) is 5.73 Å². The Kier molecular flexibility index (Phi) is 5.60. The fraction of sp³-hybridized carbons (Fsp3) is 0.545. The van der Waals surface area contributed by atoms with Crippen LogP contribution in [0, 0.1) is 5.92 Å². The van der Waals surface area contributed by atoms with E-state index in [1.807, 2.05) is 6.08 Å². The number of hydrogen-bond acceptors (Lipinski definition) is 0. The molecule has 11 heavy (non-hydrogen) atoms. The Morgan fingerprint density at radius 3 is 2.64 bits per heavy atom. The monoisotopic (exact) mass is 150 g/mol. The van der Waals surface area contributed by atoms with Gasteiger partial charge >= 0.3 is 0 Å². The van der Waals surface area contributed by atoms with Crippen LogP contribution >= 0.6 is 0 Å². The molecular weight excluding hydrogens is 132 g/mol. The minimum Gasteiger partial charge on any atom is -0.129 e. The molecule has 0 bridgehead atoms. The van der Waals surface area contributed by atoms with Gasteiger partial charge in [0, 0.05) is 0 Å². The van der Waals surface area contributed by atoms with E-state index in [2.05, 4.69) is 39.2 Å². The molecule has 0 fully saturated rings. The Bertz CT molecular complexity index is 166. The minimum absolute atomic E-state index is 0.797. The molecule has 0 aromatic heterocycles. The summed E-state index contributed by atoms with van der Waals surface area (Å²) in [7, 11) is 0. The van der Waals surface area contributed by atoms with Crippen molar-refractivity contribution < 1.29 is 0 Å². The maximum absolute atomic E-state index is 3.50. The summed E-state index contributed by atoms with van der Waals surface area (Å²) in [5.74, 6) is 0.797. The van der Waals surface area contributed by atoms with Gasteiger partial charge in [-0.25, -0.2) is 0 Å². The van der Waals surface area contributed by atoms with E-state index < -0.39 is 0 Å². The van der Waals surface area contributed by atoms with Crippen molar-refractivity contribution in [2.75, 3.05) is 0 Å². The third kappa shape index (κ3) is 7.15. The summed E-state index contributed by atoms with van der Waals surface area (Å²) < 4.78 is 0. The predicted octanol–water partition coefficient (Wildman–Crippen LogP) is 3.71. The second-order valence-electron chi connectivity index (χ2n) is 3.32. The summed E-state index contributed by atoms with van der Waals surface area (Å²) in [5, 5.41) is 0. The van der Waals surface area contributed by atoms with E-state index in [1.54, 1.807) is 0 Å². The lowest BCUT2D eigenvalue weighted by atomic mass is 10.0. The van der Waals surface area contributed by atoms with Crippen LogP contribution in [0.1, 0.15) is 33.6 Å². The van der Waals surface area contributed by atoms with Crippen molar-refractivity contribution in [1.82, 2.24) is 0 Å². The van der Waals surface area contributed by atoms with Crippen LogP contribution in [-0.4, -0.2) is 0 Å². The van der Waals surface area contributed by atoms with Crippen LogP contribution in [0.2, 0.25) is 0 Å². The van der Waals surface area contributed by atoms with Crippen molar-refractivity contribution >= 4 is 0 Å². The summed E-state index contributed by atoms with van der Waals surface area (Å²) in [6, 6.07) is 0. The molecule has 0 heteroatoms. The molecule has 0 spiro atoms. The van der Waals surface area contributed by atoms with E-state index in [0.717, 1.165) is 5.92 Å². The Morgan fingerprint density at radius 2 is 2.18 bits per heavy atom. The van der Waals surface area contributed by atoms with E-state index in [-0.39, 0.29) is 0 Å². The van der Waals surface area contributed by atoms with Gasteiger partial charge in [0.15, 0.2) is 0 Å². The highest BCUT2D eigenvalue weighted by molar-refractivity contribution is 5.09. The first-order chi connectivity index (χ1) is 5.16. The number of rotatable bonds is 4. The molecular formula is C11H18. The lowest BCUT2D eigenvalue weighted by Gasteiger charge is -2.02. The molecule has 0 nitrogen and oxygen atoms in total. The third-order valence-corrected chi connectivity index (χ3v) is 1.60. The maximum atomic E-state index is 3.50. The fourth-order valence-electron chi connectivity index (χ4n) is 0.801. The molecule has 0 N–H and O–H groups in total. The Labute approximate surface area is 70.3 Å². The summed E-state index contributed by atoms with van der Waals surface area (Å²) in [4.78, 5) is 0. The zero-order valence-electron chi connectivity index (χ0n) is 7.85. The number of hydrogen-bond donors (Lipinski definition) is 0. The largest absolute Gasteiger partial charge is 0.129 e. The van der Waals surface area contributed by atoms with Gasteiger partial charge < -0.3 is 0 Å². The molecule has 62 valence electrons. The molecule has 0 aliphatic rings. The fourth-order valence-corrected chi connectivity index (χ4v) is 0.801. The average molecular weight is 150 g/mol. The quantitative estimate of drug-likeness (QED) is 0.423. The zero-order valence-corrected chi connectivity index (χ0v) is 7.85. The van der Waals surface area contributed by atoms with Crippen molar-refractivity contribution in [1.29, 1.82) is 0 Å². The smallest absolute Gasteiger partial charge is 0.0207 e. The summed E-state index contributed by atoms with van der Waals surface area (Å²) in [6.07, 6.45) is 6.41. The Morgan fingerprint density at radius 1 is 1.55 bits per heavy atom. The van der Waals surface area contributed by atoms with Crippen LogP contribution in [0.4, 0.5) is 0 Å². The predicted molar refractivity (Wildman–Crippen MR) is 51.5 cm³/mol. The van der Waals surface area contributed by atoms with Gasteiger partial charge in [-0.05, 0) is 31.8 Å². The molecule has 0 aromatic carbocycles. The highest BCUT2D eigenvalue weighted by Gasteiger charge is 1.93. The van der Waals surface area contributed by atoms with Crippen molar-refractivity contribution in [3.63, 3.8) is 0 Å². The van der Waals surface area contributed by atoms with Crippen LogP contribution in [0.15, 0.2) is 30.0 Å². The van der Waals surface area contributed by atoms with Gasteiger partial charge in [0.2, 0.25) is 0 Å². The lowest BCUT2D eigenvalue weighted by Crippen LogP contribution is -1.86. The molecule has 0 radical (unpaired) electrons. The molecule has 0 atom stereocenters. The first-order valence-electron chi connectivity index (χ1n) is 4.18. The molecule has 0 amide bonds. The van der Waals surface area contributed by atoms with E-state index in [0.29, 0.717) is 0 Å². The highest BCUT2D eigenvalue weighted by Crippen LogP contribution is 2.10. The van der Waals surface area contributed by atoms with E-state index in [4.69, 9.17) is 0 Å². The third-order valence-electron chi connectivity index (χ3n) is 1.60. The van der Waals surface area contributed by atoms with Gasteiger partial charge in [-0.3, -0.25) is 0 Å². The van der Waals surface area contributed by atoms with Gasteiger partial charge in [-0.1, -0.05) is 32.1 Å². The molecule has 0 aliphatic carbocycles. The van der Waals surface area contributed by atoms with Crippen LogP contribution in [-0.2, 0) is 0 Å². The first-order valence-corrected chi connectivity index (χ1v) is 4.18. The summed E-state index contributed by atoms with van der Waals surface area (Å²) in [6.45, 7) is 10.1. The second-order valence-corrected chi connectivity index (χ2v) is 3.32. The lowest BCUT2D eigenvalue weighted by molar-refractivity contribution is 0.584. The summed E-state index contributed by atoms with van der Waals surface area (Å²) in [5.41, 5.74) is 4.15. The van der Waals surface area contributed by atoms with Crippen LogP contribution in [0.25, 0.3) is 0 Å². The Balaban J connectivity index is 3.67. The normalized spacial score (nSPS) is 11.5. The van der Waals surface area contributed by atoms with Crippen molar-refractivity contribution in [2.45, 2.75) is 33.6 Å². The zero-order chi connectivity index (χ0) is 8.69. The molecule has 0 rings (SSSR count). The molecule has 0 saturated carbocycles. The van der Waals surface area contributed by atoms with Crippen molar-refractivity contribution in [2.24, 2.45) is 5.92 Å². The average Bonchev–Trinajstić information content (AvgIpc) is 1.97. The molecule has 0 aromatic rings. The standard InChI is InChI=1S/C11H18/c1-5-6-7-11(4)9-8-10(2)3/h6-7,10H,1,8-9H2,2-4H3.